The number of hydrogen-bond acceptors (Lipinski definition) is 8. The van der Waals surface area contributed by atoms with Crippen LogP contribution in [-0.4, -0.2) is 26.2 Å². The van der Waals surface area contributed by atoms with E-state index in [2.05, 4.69) is 30.9 Å². The molecule has 3 aromatic heterocycles. The van der Waals surface area contributed by atoms with Gasteiger partial charge < -0.3 is 19.7 Å². The maximum absolute atomic E-state index is 12.1. The zero-order valence-corrected chi connectivity index (χ0v) is 11.8. The van der Waals surface area contributed by atoms with Crippen molar-refractivity contribution < 1.29 is 13.8 Å². The molecule has 0 bridgehead atoms. The monoisotopic (exact) mass is 300 g/mol. The molecule has 0 fully saturated rings. The largest absolute Gasteiger partial charge is 0.360 e. The molecule has 0 radical (unpaired) electrons. The van der Waals surface area contributed by atoms with E-state index >= 15 is 0 Å². The molecule has 0 atom stereocenters. The predicted octanol–water partition coefficient (Wildman–Crippen LogP) is 2.07. The maximum atomic E-state index is 12.1. The summed E-state index contributed by atoms with van der Waals surface area (Å²) in [4.78, 5) is 20.0. The molecule has 0 aromatic carbocycles. The highest BCUT2D eigenvalue weighted by Gasteiger charge is 2.12. The second-order valence-electron chi connectivity index (χ2n) is 4.51. The Morgan fingerprint density at radius 2 is 1.64 bits per heavy atom. The quantitative estimate of drug-likeness (QED) is 0.751. The van der Waals surface area contributed by atoms with E-state index in [-0.39, 0.29) is 5.69 Å². The van der Waals surface area contributed by atoms with Crippen molar-refractivity contribution in [3.8, 4) is 0 Å². The van der Waals surface area contributed by atoms with Crippen LogP contribution in [0.1, 0.15) is 22.0 Å². The Balaban J connectivity index is 1.74. The van der Waals surface area contributed by atoms with Gasteiger partial charge in [0, 0.05) is 18.2 Å². The first-order valence-corrected chi connectivity index (χ1v) is 6.37. The molecule has 0 aliphatic carbocycles. The van der Waals surface area contributed by atoms with Gasteiger partial charge in [0.2, 0.25) is 0 Å². The first-order chi connectivity index (χ1) is 10.6. The van der Waals surface area contributed by atoms with E-state index in [0.29, 0.717) is 29.0 Å². The Morgan fingerprint density at radius 3 is 2.27 bits per heavy atom. The van der Waals surface area contributed by atoms with Crippen LogP contribution in [0.25, 0.3) is 0 Å². The summed E-state index contributed by atoms with van der Waals surface area (Å²) in [6.45, 7) is 3.51. The number of carbonyl (C=O) groups excluding carboxylic acids is 1. The third kappa shape index (κ3) is 3.08. The average Bonchev–Trinajstić information content (AvgIpc) is 3.08. The molecular weight excluding hydrogens is 288 g/mol. The van der Waals surface area contributed by atoms with Crippen molar-refractivity contribution >= 4 is 23.4 Å². The van der Waals surface area contributed by atoms with Crippen molar-refractivity contribution in [2.75, 3.05) is 10.6 Å². The van der Waals surface area contributed by atoms with Crippen molar-refractivity contribution in [3.63, 3.8) is 0 Å². The molecule has 3 heterocycles. The van der Waals surface area contributed by atoms with E-state index in [1.54, 1.807) is 26.0 Å². The number of anilines is 3. The second kappa shape index (κ2) is 5.64. The van der Waals surface area contributed by atoms with Gasteiger partial charge in [-0.3, -0.25) is 4.79 Å². The normalized spacial score (nSPS) is 10.5. The van der Waals surface area contributed by atoms with E-state index in [9.17, 15) is 4.79 Å². The summed E-state index contributed by atoms with van der Waals surface area (Å²) in [5.74, 6) is 2.08. The number of hydrogen-bond donors (Lipinski definition) is 2. The van der Waals surface area contributed by atoms with Crippen LogP contribution >= 0.6 is 0 Å². The molecule has 22 heavy (non-hydrogen) atoms. The molecule has 3 rings (SSSR count). The van der Waals surface area contributed by atoms with E-state index in [0.717, 1.165) is 0 Å². The Labute approximate surface area is 124 Å². The first kappa shape index (κ1) is 13.7. The minimum Gasteiger partial charge on any atom is -0.360 e. The minimum atomic E-state index is -0.421. The zero-order chi connectivity index (χ0) is 15.5. The minimum absolute atomic E-state index is 0.179. The number of amides is 1. The Kier molecular flexibility index (Phi) is 3.52. The molecule has 0 saturated heterocycles. The molecule has 0 aliphatic rings. The van der Waals surface area contributed by atoms with Crippen molar-refractivity contribution in [1.29, 1.82) is 0 Å². The van der Waals surface area contributed by atoms with Crippen molar-refractivity contribution in [1.82, 2.24) is 20.3 Å². The molecule has 0 unspecified atom stereocenters. The zero-order valence-electron chi connectivity index (χ0n) is 11.8. The van der Waals surface area contributed by atoms with Crippen molar-refractivity contribution in [2.45, 2.75) is 13.8 Å². The lowest BCUT2D eigenvalue weighted by Crippen LogP contribution is -2.14. The fourth-order valence-electron chi connectivity index (χ4n) is 1.71. The lowest BCUT2D eigenvalue weighted by Gasteiger charge is -2.03. The number of nitrogens with one attached hydrogen (secondary N) is 2. The Hall–Kier alpha value is -3.23. The highest BCUT2D eigenvalue weighted by Crippen LogP contribution is 2.15. The van der Waals surface area contributed by atoms with Gasteiger partial charge in [-0.15, -0.1) is 0 Å². The van der Waals surface area contributed by atoms with Crippen molar-refractivity contribution in [2.24, 2.45) is 0 Å². The molecule has 9 heteroatoms. The van der Waals surface area contributed by atoms with Gasteiger partial charge in [-0.2, -0.15) is 0 Å². The topological polar surface area (TPSA) is 119 Å². The molecule has 9 nitrogen and oxygen atoms in total. The van der Waals surface area contributed by atoms with E-state index in [1.807, 2.05) is 0 Å². The third-order valence-corrected chi connectivity index (χ3v) is 2.65. The Morgan fingerprint density at radius 1 is 0.955 bits per heavy atom. The number of nitrogens with zero attached hydrogens (tertiary/aromatic N) is 4. The summed E-state index contributed by atoms with van der Waals surface area (Å²) >= 11 is 0. The predicted molar refractivity (Wildman–Crippen MR) is 75.7 cm³/mol. The van der Waals surface area contributed by atoms with Gasteiger partial charge in [-0.05, 0) is 13.8 Å². The fourth-order valence-corrected chi connectivity index (χ4v) is 1.71. The highest BCUT2D eigenvalue weighted by molar-refractivity contribution is 6.02. The van der Waals surface area contributed by atoms with Crippen molar-refractivity contribution in [3.05, 3.63) is 41.7 Å². The molecular formula is C13H12N6O3. The van der Waals surface area contributed by atoms with Gasteiger partial charge in [-0.25, -0.2) is 9.97 Å². The smallest absolute Gasteiger partial charge is 0.275 e. The summed E-state index contributed by atoms with van der Waals surface area (Å²) in [6, 6.07) is 4.81. The standard InChI is InChI=1S/C13H12N6O3/c1-7-3-11(18-21-7)16-10-5-9(14-6-15-10)13(20)17-12-4-8(2)22-19-12/h3-6H,1-2H3,(H,17,19,20)(H,14,15,16,18). The van der Waals surface area contributed by atoms with Gasteiger partial charge in [0.1, 0.15) is 29.4 Å². The average molecular weight is 300 g/mol. The van der Waals surface area contributed by atoms with Gasteiger partial charge in [0.25, 0.3) is 5.91 Å². The first-order valence-electron chi connectivity index (χ1n) is 6.37. The number of aryl methyl sites for hydroxylation is 2. The van der Waals surface area contributed by atoms with Crippen LogP contribution < -0.4 is 10.6 Å². The number of aromatic nitrogens is 4. The summed E-state index contributed by atoms with van der Waals surface area (Å²) in [7, 11) is 0. The third-order valence-electron chi connectivity index (χ3n) is 2.65. The van der Waals surface area contributed by atoms with Crippen LogP contribution in [0.15, 0.2) is 33.6 Å². The lowest BCUT2D eigenvalue weighted by atomic mass is 10.3. The SMILES string of the molecule is Cc1cc(NC(=O)c2cc(Nc3cc(C)on3)ncn2)no1. The lowest BCUT2D eigenvalue weighted by molar-refractivity contribution is 0.102. The van der Waals surface area contributed by atoms with E-state index < -0.39 is 5.91 Å². The summed E-state index contributed by atoms with van der Waals surface area (Å²) in [5.41, 5.74) is 0.179. The molecule has 3 aromatic rings. The van der Waals surface area contributed by atoms with Crippen LogP contribution in [0.2, 0.25) is 0 Å². The van der Waals surface area contributed by atoms with Crippen LogP contribution in [0.5, 0.6) is 0 Å². The van der Waals surface area contributed by atoms with Gasteiger partial charge in [0.05, 0.1) is 0 Å². The van der Waals surface area contributed by atoms with E-state index in [4.69, 9.17) is 9.05 Å². The number of carbonyl (C=O) groups is 1. The highest BCUT2D eigenvalue weighted by atomic mass is 16.5. The summed E-state index contributed by atoms with van der Waals surface area (Å²) < 4.78 is 9.82. The van der Waals surface area contributed by atoms with Crippen LogP contribution in [0, 0.1) is 13.8 Å². The summed E-state index contributed by atoms with van der Waals surface area (Å²) in [5, 5.41) is 13.0. The molecule has 2 N–H and O–H groups in total. The molecule has 0 saturated carbocycles. The molecule has 1 amide bonds. The second-order valence-corrected chi connectivity index (χ2v) is 4.51. The Bertz CT molecular complexity index is 809. The molecule has 0 aliphatic heterocycles. The molecule has 112 valence electrons. The van der Waals surface area contributed by atoms with Crippen LogP contribution in [0.4, 0.5) is 17.5 Å². The van der Waals surface area contributed by atoms with Crippen LogP contribution in [0.3, 0.4) is 0 Å². The maximum Gasteiger partial charge on any atom is 0.275 e. The fraction of sp³-hybridized carbons (Fsp3) is 0.154. The van der Waals surface area contributed by atoms with Gasteiger partial charge >= 0.3 is 0 Å². The summed E-state index contributed by atoms with van der Waals surface area (Å²) in [6.07, 6.45) is 1.28. The van der Waals surface area contributed by atoms with Crippen LogP contribution in [-0.2, 0) is 0 Å². The van der Waals surface area contributed by atoms with Gasteiger partial charge in [-0.1, -0.05) is 10.3 Å². The van der Waals surface area contributed by atoms with E-state index in [1.165, 1.54) is 12.4 Å². The number of rotatable bonds is 4. The van der Waals surface area contributed by atoms with Gasteiger partial charge in [0.15, 0.2) is 11.6 Å². The molecule has 0 spiro atoms.